The first-order valence-corrected chi connectivity index (χ1v) is 12.6. The van der Waals surface area contributed by atoms with Crippen LogP contribution in [0.1, 0.15) is 31.4 Å². The molecule has 196 valence electrons. The first-order valence-electron chi connectivity index (χ1n) is 11.8. The van der Waals surface area contributed by atoms with E-state index in [1.165, 1.54) is 18.6 Å². The highest BCUT2D eigenvalue weighted by atomic mass is 32.1. The van der Waals surface area contributed by atoms with Crippen molar-refractivity contribution in [3.8, 4) is 22.8 Å². The topological polar surface area (TPSA) is 141 Å². The van der Waals surface area contributed by atoms with Gasteiger partial charge in [0.05, 0.1) is 20.6 Å². The van der Waals surface area contributed by atoms with Crippen molar-refractivity contribution in [3.63, 3.8) is 0 Å². The summed E-state index contributed by atoms with van der Waals surface area (Å²) in [7, 11) is 3.07. The van der Waals surface area contributed by atoms with Gasteiger partial charge in [-0.2, -0.15) is 0 Å². The highest BCUT2D eigenvalue weighted by Gasteiger charge is 2.20. The molecule has 0 spiro atoms. The van der Waals surface area contributed by atoms with Gasteiger partial charge in [-0.3, -0.25) is 14.9 Å². The zero-order valence-corrected chi connectivity index (χ0v) is 22.2. The van der Waals surface area contributed by atoms with Crippen molar-refractivity contribution >= 4 is 29.3 Å². The van der Waals surface area contributed by atoms with Gasteiger partial charge in [0.1, 0.15) is 11.7 Å². The van der Waals surface area contributed by atoms with E-state index in [2.05, 4.69) is 25.2 Å². The zero-order chi connectivity index (χ0) is 26.8. The number of carbonyl (C=O) groups is 2. The van der Waals surface area contributed by atoms with E-state index in [0.29, 0.717) is 24.5 Å². The largest absolute Gasteiger partial charge is 0.493 e. The normalized spacial score (nSPS) is 12.2. The van der Waals surface area contributed by atoms with E-state index in [-0.39, 0.29) is 30.1 Å². The number of rotatable bonds is 11. The number of carbonyl (C=O) groups excluding carboxylic acids is 2. The molecule has 0 bridgehead atoms. The molecule has 0 saturated heterocycles. The summed E-state index contributed by atoms with van der Waals surface area (Å²) in [5.74, 6) is 0.570. The van der Waals surface area contributed by atoms with Gasteiger partial charge in [-0.1, -0.05) is 48.7 Å². The summed E-state index contributed by atoms with van der Waals surface area (Å²) in [5, 5.41) is 11.4. The van der Waals surface area contributed by atoms with E-state index in [1.807, 2.05) is 43.5 Å². The number of nitrogens with zero attached hydrogens (tertiary/aromatic N) is 3. The molecule has 2 aromatic carbocycles. The lowest BCUT2D eigenvalue weighted by Crippen LogP contribution is -2.41. The second-order valence-corrected chi connectivity index (χ2v) is 9.39. The number of hydrogen-bond donors (Lipinski definition) is 3. The number of aromatic nitrogens is 2. The Labute approximate surface area is 220 Å². The first kappa shape index (κ1) is 27.6. The van der Waals surface area contributed by atoms with Crippen LogP contribution in [-0.4, -0.2) is 47.6 Å². The van der Waals surface area contributed by atoms with Crippen molar-refractivity contribution in [3.05, 3.63) is 59.0 Å². The van der Waals surface area contributed by atoms with Crippen LogP contribution in [0.3, 0.4) is 0 Å². The predicted molar refractivity (Wildman–Crippen MR) is 143 cm³/mol. The van der Waals surface area contributed by atoms with Crippen LogP contribution in [0.15, 0.2) is 52.8 Å². The van der Waals surface area contributed by atoms with Gasteiger partial charge in [-0.15, -0.1) is 5.10 Å². The summed E-state index contributed by atoms with van der Waals surface area (Å²) >= 11 is 1.30. The molecule has 0 aliphatic carbocycles. The van der Waals surface area contributed by atoms with Crippen LogP contribution in [0.4, 0.5) is 0 Å². The molecule has 1 atom stereocenters. The third kappa shape index (κ3) is 8.28. The van der Waals surface area contributed by atoms with Gasteiger partial charge in [0, 0.05) is 17.5 Å². The standard InChI is InChI=1S/C26H32N6O4S/c1-16(2)11-20(25(34)28-14-17-5-8-19(9-6-17)21-15-37-32-31-21)29-26(27)30-24(33)13-18-7-10-22(35-3)23(12-18)36-4/h5-10,12,15-16,20H,11,13-14H2,1-4H3,(H,28,34)(H3,27,29,30,33). The zero-order valence-electron chi connectivity index (χ0n) is 21.4. The molecule has 3 aromatic rings. The molecule has 3 rings (SSSR count). The molecule has 0 aliphatic rings. The summed E-state index contributed by atoms with van der Waals surface area (Å²) in [4.78, 5) is 29.8. The van der Waals surface area contributed by atoms with Gasteiger partial charge in [0.25, 0.3) is 0 Å². The maximum Gasteiger partial charge on any atom is 0.245 e. The van der Waals surface area contributed by atoms with Crippen molar-refractivity contribution in [2.45, 2.75) is 39.3 Å². The monoisotopic (exact) mass is 524 g/mol. The van der Waals surface area contributed by atoms with Crippen molar-refractivity contribution < 1.29 is 19.1 Å². The number of aliphatic imine (C=N–C) groups is 1. The van der Waals surface area contributed by atoms with E-state index >= 15 is 0 Å². The molecule has 37 heavy (non-hydrogen) atoms. The molecule has 0 radical (unpaired) electrons. The number of amides is 2. The quantitative estimate of drug-likeness (QED) is 0.259. The maximum absolute atomic E-state index is 12.9. The third-order valence-electron chi connectivity index (χ3n) is 5.45. The lowest BCUT2D eigenvalue weighted by Gasteiger charge is -2.16. The third-order valence-corrected chi connectivity index (χ3v) is 5.95. The number of ether oxygens (including phenoxy) is 2. The van der Waals surface area contributed by atoms with Crippen LogP contribution in [0, 0.1) is 5.92 Å². The number of benzene rings is 2. The van der Waals surface area contributed by atoms with E-state index in [9.17, 15) is 9.59 Å². The fraction of sp³-hybridized carbons (Fsp3) is 0.346. The van der Waals surface area contributed by atoms with Gasteiger partial charge in [-0.25, -0.2) is 4.99 Å². The average Bonchev–Trinajstić information content (AvgIpc) is 3.41. The number of nitrogens with one attached hydrogen (secondary N) is 2. The highest BCUT2D eigenvalue weighted by Crippen LogP contribution is 2.27. The molecule has 0 saturated carbocycles. The Hall–Kier alpha value is -3.99. The molecule has 0 fully saturated rings. The molecule has 1 aromatic heterocycles. The molecule has 4 N–H and O–H groups in total. The average molecular weight is 525 g/mol. The molecular weight excluding hydrogens is 492 g/mol. The predicted octanol–water partition coefficient (Wildman–Crippen LogP) is 2.93. The Balaban J connectivity index is 1.59. The number of methoxy groups -OCH3 is 2. The molecule has 10 nitrogen and oxygen atoms in total. The van der Waals surface area contributed by atoms with Crippen LogP contribution in [-0.2, 0) is 22.6 Å². The van der Waals surface area contributed by atoms with Gasteiger partial charge in [0.2, 0.25) is 11.8 Å². The Morgan fingerprint density at radius 3 is 2.38 bits per heavy atom. The Morgan fingerprint density at radius 1 is 1.05 bits per heavy atom. The van der Waals surface area contributed by atoms with Crippen LogP contribution in [0.5, 0.6) is 11.5 Å². The number of hydrogen-bond acceptors (Lipinski definition) is 8. The van der Waals surface area contributed by atoms with Gasteiger partial charge >= 0.3 is 0 Å². The molecule has 2 amide bonds. The summed E-state index contributed by atoms with van der Waals surface area (Å²) in [6.07, 6.45) is 0.540. The number of nitrogens with two attached hydrogens (primary N) is 1. The van der Waals surface area contributed by atoms with Crippen LogP contribution in [0.25, 0.3) is 11.3 Å². The minimum atomic E-state index is -0.735. The summed E-state index contributed by atoms with van der Waals surface area (Å²) in [6.45, 7) is 4.32. The maximum atomic E-state index is 12.9. The fourth-order valence-electron chi connectivity index (χ4n) is 3.62. The lowest BCUT2D eigenvalue weighted by molar-refractivity contribution is -0.123. The van der Waals surface area contributed by atoms with Gasteiger partial charge in [-0.05, 0) is 47.1 Å². The van der Waals surface area contributed by atoms with Gasteiger partial charge < -0.3 is 20.5 Å². The van der Waals surface area contributed by atoms with Crippen LogP contribution < -0.4 is 25.8 Å². The molecule has 0 aliphatic heterocycles. The van der Waals surface area contributed by atoms with Crippen molar-refractivity contribution in [1.29, 1.82) is 0 Å². The van der Waals surface area contributed by atoms with Crippen molar-refractivity contribution in [1.82, 2.24) is 20.2 Å². The van der Waals surface area contributed by atoms with E-state index in [1.54, 1.807) is 25.3 Å². The molecular formula is C26H32N6O4S. The minimum Gasteiger partial charge on any atom is -0.493 e. The fourth-order valence-corrected chi connectivity index (χ4v) is 4.08. The highest BCUT2D eigenvalue weighted by molar-refractivity contribution is 7.03. The van der Waals surface area contributed by atoms with Crippen molar-refractivity contribution in [2.24, 2.45) is 16.6 Å². The Kier molecular flexibility index (Phi) is 9.96. The second-order valence-electron chi connectivity index (χ2n) is 8.78. The minimum absolute atomic E-state index is 0.0601. The first-order chi connectivity index (χ1) is 17.8. The van der Waals surface area contributed by atoms with E-state index in [0.717, 1.165) is 22.4 Å². The van der Waals surface area contributed by atoms with Crippen LogP contribution >= 0.6 is 11.5 Å². The van der Waals surface area contributed by atoms with E-state index < -0.39 is 6.04 Å². The summed E-state index contributed by atoms with van der Waals surface area (Å²) < 4.78 is 14.4. The Bertz CT molecular complexity index is 1210. The molecule has 1 heterocycles. The smallest absolute Gasteiger partial charge is 0.245 e. The molecule has 1 unspecified atom stereocenters. The van der Waals surface area contributed by atoms with E-state index in [4.69, 9.17) is 15.2 Å². The summed E-state index contributed by atoms with van der Waals surface area (Å²) in [6, 6.07) is 12.2. The Morgan fingerprint density at radius 2 is 1.76 bits per heavy atom. The van der Waals surface area contributed by atoms with Crippen molar-refractivity contribution in [2.75, 3.05) is 14.2 Å². The van der Waals surface area contributed by atoms with Gasteiger partial charge in [0.15, 0.2) is 17.5 Å². The van der Waals surface area contributed by atoms with Crippen LogP contribution in [0.2, 0.25) is 0 Å². The molecule has 11 heteroatoms. The summed E-state index contributed by atoms with van der Waals surface area (Å²) in [5.41, 5.74) is 9.43. The number of guanidine groups is 1. The SMILES string of the molecule is COc1ccc(CC(=O)NC(N)=NC(CC(C)C)C(=O)NCc2ccc(-c3csnn3)cc2)cc1OC. The lowest BCUT2D eigenvalue weighted by atomic mass is 10.0. The second kappa shape index (κ2) is 13.4.